The van der Waals surface area contributed by atoms with Crippen LogP contribution in [-0.4, -0.2) is 63.5 Å². The Hall–Kier alpha value is -2.77. The number of carbonyl (C=O) groups is 1. The van der Waals surface area contributed by atoms with Crippen LogP contribution in [-0.2, 0) is 13.1 Å². The lowest BCUT2D eigenvalue weighted by Gasteiger charge is -2.32. The van der Waals surface area contributed by atoms with Gasteiger partial charge in [-0.3, -0.25) is 9.69 Å². The van der Waals surface area contributed by atoms with Gasteiger partial charge in [0, 0.05) is 62.8 Å². The van der Waals surface area contributed by atoms with Crippen molar-refractivity contribution >= 4 is 11.6 Å². The quantitative estimate of drug-likeness (QED) is 0.742. The minimum absolute atomic E-state index is 0.0866. The summed E-state index contributed by atoms with van der Waals surface area (Å²) in [5.41, 5.74) is 3.57. The number of nitrogens with zero attached hydrogens (tertiary/aromatic N) is 5. The normalized spacial score (nSPS) is 15.9. The summed E-state index contributed by atoms with van der Waals surface area (Å²) in [6.07, 6.45) is 5.30. The zero-order valence-corrected chi connectivity index (χ0v) is 15.5. The summed E-state index contributed by atoms with van der Waals surface area (Å²) < 4.78 is 1.70. The van der Waals surface area contributed by atoms with Crippen molar-refractivity contribution in [3.8, 4) is 0 Å². The molecule has 1 aromatic carbocycles. The minimum Gasteiger partial charge on any atom is -0.348 e. The molecule has 0 aliphatic carbocycles. The number of piperazine rings is 1. The maximum Gasteiger partial charge on any atom is 0.251 e. The summed E-state index contributed by atoms with van der Waals surface area (Å²) in [6, 6.07) is 9.71. The Balaban J connectivity index is 1.33. The van der Waals surface area contributed by atoms with E-state index in [1.165, 1.54) is 5.56 Å². The number of fused-ring (bicyclic) bond motifs is 1. The maximum absolute atomic E-state index is 12.4. The molecule has 7 heteroatoms. The molecule has 4 rings (SSSR count). The molecule has 3 aromatic rings. The second kappa shape index (κ2) is 7.85. The monoisotopic (exact) mass is 364 g/mol. The molecule has 0 atom stereocenters. The van der Waals surface area contributed by atoms with Crippen LogP contribution in [0.25, 0.3) is 5.65 Å². The van der Waals surface area contributed by atoms with Crippen molar-refractivity contribution in [3.05, 3.63) is 65.6 Å². The highest BCUT2D eigenvalue weighted by Crippen LogP contribution is 2.11. The highest BCUT2D eigenvalue weighted by molar-refractivity contribution is 5.94. The summed E-state index contributed by atoms with van der Waals surface area (Å²) in [6.45, 7) is 5.74. The van der Waals surface area contributed by atoms with Gasteiger partial charge in [-0.15, -0.1) is 0 Å². The van der Waals surface area contributed by atoms with Crippen LogP contribution in [0.5, 0.6) is 0 Å². The Bertz CT molecular complexity index is 912. The molecule has 0 spiro atoms. The van der Waals surface area contributed by atoms with Crippen LogP contribution in [0.1, 0.15) is 21.5 Å². The molecule has 1 aliphatic heterocycles. The molecule has 0 saturated carbocycles. The Morgan fingerprint density at radius 3 is 2.70 bits per heavy atom. The number of benzene rings is 1. The number of rotatable bonds is 5. The molecule has 1 saturated heterocycles. The van der Waals surface area contributed by atoms with Crippen LogP contribution in [0.3, 0.4) is 0 Å². The largest absolute Gasteiger partial charge is 0.348 e. The molecular formula is C20H24N6O. The summed E-state index contributed by atoms with van der Waals surface area (Å²) in [5.74, 6) is -0.0866. The second-order valence-corrected chi connectivity index (χ2v) is 7.02. The third-order valence-electron chi connectivity index (χ3n) is 5.01. The highest BCUT2D eigenvalue weighted by atomic mass is 16.1. The van der Waals surface area contributed by atoms with Crippen LogP contribution in [0, 0.1) is 0 Å². The molecule has 27 heavy (non-hydrogen) atoms. The molecule has 1 amide bonds. The highest BCUT2D eigenvalue weighted by Gasteiger charge is 2.14. The summed E-state index contributed by atoms with van der Waals surface area (Å²) in [4.78, 5) is 21.5. The fourth-order valence-corrected chi connectivity index (χ4v) is 3.30. The van der Waals surface area contributed by atoms with Crippen molar-refractivity contribution in [2.24, 2.45) is 0 Å². The van der Waals surface area contributed by atoms with Crippen molar-refractivity contribution in [1.29, 1.82) is 0 Å². The first-order chi connectivity index (χ1) is 13.2. The number of hydrogen-bond donors (Lipinski definition) is 1. The summed E-state index contributed by atoms with van der Waals surface area (Å²) in [7, 11) is 2.16. The minimum atomic E-state index is -0.0866. The van der Waals surface area contributed by atoms with Gasteiger partial charge in [-0.2, -0.15) is 5.10 Å². The number of hydrogen-bond acceptors (Lipinski definition) is 5. The van der Waals surface area contributed by atoms with Gasteiger partial charge >= 0.3 is 0 Å². The molecule has 0 unspecified atom stereocenters. The van der Waals surface area contributed by atoms with E-state index in [0.29, 0.717) is 12.1 Å². The van der Waals surface area contributed by atoms with E-state index in [9.17, 15) is 4.79 Å². The zero-order chi connectivity index (χ0) is 18.6. The van der Waals surface area contributed by atoms with Gasteiger partial charge in [0.15, 0.2) is 5.65 Å². The van der Waals surface area contributed by atoms with Gasteiger partial charge in [0.25, 0.3) is 5.91 Å². The fraction of sp³-hybridized carbons (Fsp3) is 0.350. The number of carbonyl (C=O) groups excluding carboxylic acids is 1. The molecular weight excluding hydrogens is 340 g/mol. The lowest BCUT2D eigenvalue weighted by atomic mass is 10.1. The topological polar surface area (TPSA) is 65.8 Å². The van der Waals surface area contributed by atoms with E-state index < -0.39 is 0 Å². The maximum atomic E-state index is 12.4. The van der Waals surface area contributed by atoms with Gasteiger partial charge < -0.3 is 10.2 Å². The van der Waals surface area contributed by atoms with Crippen molar-refractivity contribution in [2.45, 2.75) is 13.1 Å². The summed E-state index contributed by atoms with van der Waals surface area (Å²) in [5, 5.41) is 7.19. The smallest absolute Gasteiger partial charge is 0.251 e. The molecule has 140 valence electrons. The zero-order valence-electron chi connectivity index (χ0n) is 15.5. The van der Waals surface area contributed by atoms with Crippen LogP contribution in [0.2, 0.25) is 0 Å². The average Bonchev–Trinajstić information content (AvgIpc) is 3.12. The molecule has 1 N–H and O–H groups in total. The summed E-state index contributed by atoms with van der Waals surface area (Å²) >= 11 is 0. The van der Waals surface area contributed by atoms with E-state index in [1.807, 2.05) is 36.5 Å². The number of aromatic nitrogens is 3. The van der Waals surface area contributed by atoms with Crippen molar-refractivity contribution in [2.75, 3.05) is 33.2 Å². The predicted molar refractivity (Wildman–Crippen MR) is 103 cm³/mol. The SMILES string of the molecule is CN1CCN(Cc2ccc(C(=O)NCc3cnn4cccnc34)cc2)CC1. The van der Waals surface area contributed by atoms with E-state index in [-0.39, 0.29) is 5.91 Å². The van der Waals surface area contributed by atoms with Crippen LogP contribution in [0.15, 0.2) is 48.9 Å². The third kappa shape index (κ3) is 4.15. The second-order valence-electron chi connectivity index (χ2n) is 7.02. The lowest BCUT2D eigenvalue weighted by Crippen LogP contribution is -2.43. The fourth-order valence-electron chi connectivity index (χ4n) is 3.30. The predicted octanol–water partition coefficient (Wildman–Crippen LogP) is 1.41. The van der Waals surface area contributed by atoms with Crippen molar-refractivity contribution in [3.63, 3.8) is 0 Å². The number of likely N-dealkylation sites (N-methyl/N-ethyl adjacent to an activating group) is 1. The van der Waals surface area contributed by atoms with Gasteiger partial charge in [0.2, 0.25) is 0 Å². The molecule has 1 fully saturated rings. The molecule has 0 bridgehead atoms. The van der Waals surface area contributed by atoms with Gasteiger partial charge in [-0.25, -0.2) is 9.50 Å². The van der Waals surface area contributed by atoms with Gasteiger partial charge in [0.1, 0.15) is 0 Å². The Labute approximate surface area is 158 Å². The molecule has 0 radical (unpaired) electrons. The average molecular weight is 364 g/mol. The van der Waals surface area contributed by atoms with E-state index in [1.54, 1.807) is 16.9 Å². The van der Waals surface area contributed by atoms with Gasteiger partial charge in [-0.1, -0.05) is 12.1 Å². The third-order valence-corrected chi connectivity index (χ3v) is 5.01. The number of nitrogens with one attached hydrogen (secondary N) is 1. The number of amides is 1. The first-order valence-corrected chi connectivity index (χ1v) is 9.24. The van der Waals surface area contributed by atoms with E-state index in [0.717, 1.165) is 43.9 Å². The van der Waals surface area contributed by atoms with Crippen LogP contribution >= 0.6 is 0 Å². The molecule has 3 heterocycles. The van der Waals surface area contributed by atoms with Crippen LogP contribution in [0.4, 0.5) is 0 Å². The van der Waals surface area contributed by atoms with E-state index in [2.05, 4.69) is 32.2 Å². The van der Waals surface area contributed by atoms with Crippen molar-refractivity contribution < 1.29 is 4.79 Å². The molecule has 1 aliphatic rings. The van der Waals surface area contributed by atoms with E-state index >= 15 is 0 Å². The lowest BCUT2D eigenvalue weighted by molar-refractivity contribution is 0.0951. The Morgan fingerprint density at radius 1 is 1.15 bits per heavy atom. The van der Waals surface area contributed by atoms with E-state index in [4.69, 9.17) is 0 Å². The van der Waals surface area contributed by atoms with Gasteiger partial charge in [0.05, 0.1) is 6.20 Å². The van der Waals surface area contributed by atoms with Crippen LogP contribution < -0.4 is 5.32 Å². The first-order valence-electron chi connectivity index (χ1n) is 9.24. The molecule has 2 aromatic heterocycles. The van der Waals surface area contributed by atoms with Crippen molar-refractivity contribution in [1.82, 2.24) is 29.7 Å². The van der Waals surface area contributed by atoms with Gasteiger partial charge in [-0.05, 0) is 30.8 Å². The Kier molecular flexibility index (Phi) is 5.13. The first kappa shape index (κ1) is 17.6. The molecule has 7 nitrogen and oxygen atoms in total. The standard InChI is InChI=1S/C20H24N6O/c1-24-9-11-25(12-10-24)15-16-3-5-17(6-4-16)20(27)22-13-18-14-23-26-8-2-7-21-19(18)26/h2-8,14H,9-13,15H2,1H3,(H,22,27). The Morgan fingerprint density at radius 2 is 1.93 bits per heavy atom.